The summed E-state index contributed by atoms with van der Waals surface area (Å²) < 4.78 is 4.84. The van der Waals surface area contributed by atoms with Gasteiger partial charge in [0.1, 0.15) is 17.4 Å². The molecule has 0 spiro atoms. The number of methoxy groups -OCH3 is 1. The Morgan fingerprint density at radius 2 is 2.11 bits per heavy atom. The van der Waals surface area contributed by atoms with Gasteiger partial charge in [-0.1, -0.05) is 35.7 Å². The van der Waals surface area contributed by atoms with Crippen LogP contribution in [0.3, 0.4) is 0 Å². The number of carbonyl (C=O) groups is 2. The molecular weight excluding hydrogens is 421 g/mol. The monoisotopic (exact) mass is 441 g/mol. The van der Waals surface area contributed by atoms with Crippen molar-refractivity contribution < 1.29 is 14.3 Å². The van der Waals surface area contributed by atoms with Crippen molar-refractivity contribution in [1.82, 2.24) is 10.3 Å². The van der Waals surface area contributed by atoms with Gasteiger partial charge < -0.3 is 15.4 Å². The molecule has 0 aliphatic heterocycles. The summed E-state index contributed by atoms with van der Waals surface area (Å²) >= 11 is 13.4. The van der Waals surface area contributed by atoms with E-state index in [1.165, 1.54) is 18.4 Å². The summed E-state index contributed by atoms with van der Waals surface area (Å²) in [5, 5.41) is 9.32. The second kappa shape index (κ2) is 9.69. The van der Waals surface area contributed by atoms with E-state index < -0.39 is 0 Å². The molecule has 2 N–H and O–H groups in total. The fraction of sp³-hybridized carbons (Fsp3) is 0.421. The minimum atomic E-state index is -0.156. The second-order valence-corrected chi connectivity index (χ2v) is 8.39. The van der Waals surface area contributed by atoms with Crippen molar-refractivity contribution in [1.29, 1.82) is 0 Å². The van der Waals surface area contributed by atoms with Crippen molar-refractivity contribution in [2.45, 2.75) is 31.7 Å². The van der Waals surface area contributed by atoms with Gasteiger partial charge in [-0.15, -0.1) is 11.3 Å². The van der Waals surface area contributed by atoms with Crippen LogP contribution in [-0.2, 0) is 14.3 Å². The molecule has 1 saturated carbocycles. The molecule has 1 aromatic heterocycles. The topological polar surface area (TPSA) is 80.3 Å². The largest absolute Gasteiger partial charge is 0.375 e. The second-order valence-electron chi connectivity index (χ2n) is 6.72. The maximum Gasteiger partial charge on any atom is 0.246 e. The molecule has 1 aliphatic carbocycles. The minimum Gasteiger partial charge on any atom is -0.375 e. The van der Waals surface area contributed by atoms with E-state index in [1.807, 2.05) is 6.07 Å². The number of ether oxygens (including phenoxy) is 1. The maximum atomic E-state index is 12.6. The van der Waals surface area contributed by atoms with Gasteiger partial charge in [-0.05, 0) is 31.4 Å². The van der Waals surface area contributed by atoms with Gasteiger partial charge in [0.15, 0.2) is 0 Å². The molecule has 3 rings (SSSR count). The molecule has 1 heterocycles. The van der Waals surface area contributed by atoms with Crippen LogP contribution in [0.25, 0.3) is 10.6 Å². The fourth-order valence-electron chi connectivity index (χ4n) is 3.28. The predicted molar refractivity (Wildman–Crippen MR) is 112 cm³/mol. The summed E-state index contributed by atoms with van der Waals surface area (Å²) in [7, 11) is 1.48. The number of carbonyl (C=O) groups excluding carboxylic acids is 2. The number of nitrogens with zero attached hydrogens (tertiary/aromatic N) is 1. The van der Waals surface area contributed by atoms with Crippen molar-refractivity contribution in [2.75, 3.05) is 19.0 Å². The van der Waals surface area contributed by atoms with E-state index in [9.17, 15) is 9.59 Å². The molecule has 0 radical (unpaired) electrons. The van der Waals surface area contributed by atoms with Crippen LogP contribution in [0.2, 0.25) is 10.0 Å². The van der Waals surface area contributed by atoms with Gasteiger partial charge in [0.25, 0.3) is 0 Å². The lowest BCUT2D eigenvalue weighted by atomic mass is 9.85. The van der Waals surface area contributed by atoms with Crippen LogP contribution >= 0.6 is 34.5 Å². The van der Waals surface area contributed by atoms with E-state index in [-0.39, 0.29) is 30.4 Å². The van der Waals surface area contributed by atoms with Crippen molar-refractivity contribution >= 4 is 52.2 Å². The minimum absolute atomic E-state index is 0.00523. The average molecular weight is 442 g/mol. The highest BCUT2D eigenvalue weighted by Crippen LogP contribution is 2.32. The molecule has 6 nitrogen and oxygen atoms in total. The molecule has 1 aromatic carbocycles. The molecule has 0 bridgehead atoms. The lowest BCUT2D eigenvalue weighted by Crippen LogP contribution is -2.42. The molecular formula is C19H21Cl2N3O3S. The Labute approximate surface area is 177 Å². The van der Waals surface area contributed by atoms with Gasteiger partial charge in [0.2, 0.25) is 11.8 Å². The van der Waals surface area contributed by atoms with Gasteiger partial charge >= 0.3 is 0 Å². The fourth-order valence-corrected chi connectivity index (χ4v) is 4.33. The summed E-state index contributed by atoms with van der Waals surface area (Å²) in [6.45, 7) is 0.0314. The standard InChI is InChI=1S/C19H21Cl2N3O3S/c1-27-9-17(25)22-13-4-2-3-11(7-13)18(26)23-16-10-28-19(24-16)12-5-6-14(20)15(21)8-12/h5-6,8,10-11,13H,2-4,7,9H2,1H3,(H,22,25)(H,23,26)/t11-,13?/m1/s1. The molecule has 28 heavy (non-hydrogen) atoms. The number of hydrogen-bond donors (Lipinski definition) is 2. The quantitative estimate of drug-likeness (QED) is 0.696. The molecule has 2 amide bonds. The summed E-state index contributed by atoms with van der Waals surface area (Å²) in [5.41, 5.74) is 0.846. The number of benzene rings is 1. The molecule has 2 atom stereocenters. The average Bonchev–Trinajstić information content (AvgIpc) is 3.13. The Bertz CT molecular complexity index is 859. The van der Waals surface area contributed by atoms with Crippen LogP contribution in [0.15, 0.2) is 23.6 Å². The van der Waals surface area contributed by atoms with Crippen LogP contribution in [0.5, 0.6) is 0 Å². The van der Waals surface area contributed by atoms with Gasteiger partial charge in [-0.2, -0.15) is 0 Å². The van der Waals surface area contributed by atoms with E-state index in [0.717, 1.165) is 29.8 Å². The SMILES string of the molecule is COCC(=O)NC1CCC[C@@H](C(=O)Nc2csc(-c3ccc(Cl)c(Cl)c3)n2)C1. The van der Waals surface area contributed by atoms with E-state index in [2.05, 4.69) is 15.6 Å². The summed E-state index contributed by atoms with van der Waals surface area (Å²) in [5.74, 6) is 0.134. The number of amides is 2. The molecule has 150 valence electrons. The van der Waals surface area contributed by atoms with Crippen LogP contribution < -0.4 is 10.6 Å². The van der Waals surface area contributed by atoms with Crippen LogP contribution in [0, 0.1) is 5.92 Å². The molecule has 1 unspecified atom stereocenters. The zero-order valence-electron chi connectivity index (χ0n) is 15.3. The van der Waals surface area contributed by atoms with E-state index >= 15 is 0 Å². The van der Waals surface area contributed by atoms with E-state index in [4.69, 9.17) is 27.9 Å². The third kappa shape index (κ3) is 5.44. The van der Waals surface area contributed by atoms with Gasteiger partial charge in [-0.3, -0.25) is 9.59 Å². The Morgan fingerprint density at radius 3 is 2.86 bits per heavy atom. The third-order valence-corrected chi connectivity index (χ3v) is 6.24. The van der Waals surface area contributed by atoms with Crippen molar-refractivity contribution in [3.8, 4) is 10.6 Å². The Hall–Kier alpha value is -1.67. The van der Waals surface area contributed by atoms with Crippen molar-refractivity contribution in [3.63, 3.8) is 0 Å². The van der Waals surface area contributed by atoms with Crippen molar-refractivity contribution in [3.05, 3.63) is 33.6 Å². The van der Waals surface area contributed by atoms with Gasteiger partial charge in [0.05, 0.1) is 10.0 Å². The Morgan fingerprint density at radius 1 is 1.29 bits per heavy atom. The predicted octanol–water partition coefficient (Wildman–Crippen LogP) is 4.38. The highest BCUT2D eigenvalue weighted by Gasteiger charge is 2.28. The van der Waals surface area contributed by atoms with Crippen LogP contribution in [0.1, 0.15) is 25.7 Å². The van der Waals surface area contributed by atoms with E-state index in [0.29, 0.717) is 22.3 Å². The molecule has 1 aliphatic rings. The first-order chi connectivity index (χ1) is 13.5. The number of halogens is 2. The number of aromatic nitrogens is 1. The molecule has 2 aromatic rings. The Kier molecular flexibility index (Phi) is 7.29. The zero-order chi connectivity index (χ0) is 20.1. The highest BCUT2D eigenvalue weighted by molar-refractivity contribution is 7.13. The first-order valence-corrected chi connectivity index (χ1v) is 10.6. The van der Waals surface area contributed by atoms with E-state index in [1.54, 1.807) is 17.5 Å². The lowest BCUT2D eigenvalue weighted by Gasteiger charge is -2.28. The third-order valence-electron chi connectivity index (χ3n) is 4.61. The van der Waals surface area contributed by atoms with Crippen LogP contribution in [-0.4, -0.2) is 36.6 Å². The smallest absolute Gasteiger partial charge is 0.246 e. The molecule has 0 saturated heterocycles. The van der Waals surface area contributed by atoms with Gasteiger partial charge in [-0.25, -0.2) is 4.98 Å². The molecule has 1 fully saturated rings. The summed E-state index contributed by atoms with van der Waals surface area (Å²) in [6.07, 6.45) is 3.18. The van der Waals surface area contributed by atoms with Crippen LogP contribution in [0.4, 0.5) is 5.82 Å². The number of hydrogen-bond acceptors (Lipinski definition) is 5. The van der Waals surface area contributed by atoms with Gasteiger partial charge in [0, 0.05) is 30.0 Å². The first kappa shape index (κ1) is 21.0. The zero-order valence-corrected chi connectivity index (χ0v) is 17.7. The number of nitrogens with one attached hydrogen (secondary N) is 2. The normalized spacial score (nSPS) is 19.2. The highest BCUT2D eigenvalue weighted by atomic mass is 35.5. The number of rotatable bonds is 6. The first-order valence-electron chi connectivity index (χ1n) is 8.96. The molecule has 9 heteroatoms. The Balaban J connectivity index is 1.59. The lowest BCUT2D eigenvalue weighted by molar-refractivity contribution is -0.127. The number of thiazole rings is 1. The number of anilines is 1. The van der Waals surface area contributed by atoms with Crippen molar-refractivity contribution in [2.24, 2.45) is 5.92 Å². The maximum absolute atomic E-state index is 12.6. The summed E-state index contributed by atoms with van der Waals surface area (Å²) in [6, 6.07) is 5.31. The summed E-state index contributed by atoms with van der Waals surface area (Å²) in [4.78, 5) is 28.8.